The Kier molecular flexibility index (Phi) is 3.50. The molecule has 1 rings (SSSR count). The van der Waals surface area contributed by atoms with Crippen LogP contribution >= 0.6 is 0 Å². The van der Waals surface area contributed by atoms with Gasteiger partial charge in [0, 0.05) is 5.56 Å². The van der Waals surface area contributed by atoms with Crippen molar-refractivity contribution in [3.05, 3.63) is 35.9 Å². The maximum Gasteiger partial charge on any atom is 0.232 e. The van der Waals surface area contributed by atoms with Crippen LogP contribution < -0.4 is 0 Å². The van der Waals surface area contributed by atoms with Crippen molar-refractivity contribution in [3.8, 4) is 0 Å². The Morgan fingerprint density at radius 1 is 1.36 bits per heavy atom. The molecule has 1 aromatic rings. The molecule has 0 aliphatic carbocycles. The number of Topliss-reactive ketones (excluding diaryl/α,β-unsaturated/α-hetero) is 1. The summed E-state index contributed by atoms with van der Waals surface area (Å²) in [5, 5.41) is 18.0. The third-order valence-corrected chi connectivity index (χ3v) is 1.69. The predicted molar refractivity (Wildman–Crippen MR) is 47.3 cm³/mol. The molecule has 0 spiro atoms. The highest BCUT2D eigenvalue weighted by Gasteiger charge is 2.25. The Hall–Kier alpha value is -1.52. The predicted octanol–water partition coefficient (Wildman–Crippen LogP) is -0.499. The molecule has 72 valence electrons. The van der Waals surface area contributed by atoms with Gasteiger partial charge in [-0.1, -0.05) is 24.3 Å². The topological polar surface area (TPSA) is 74.6 Å². The van der Waals surface area contributed by atoms with E-state index in [9.17, 15) is 9.59 Å². The average Bonchev–Trinajstić information content (AvgIpc) is 2.27. The Morgan fingerprint density at radius 2 is 1.93 bits per heavy atom. The molecule has 4 nitrogen and oxygen atoms in total. The fourth-order valence-corrected chi connectivity index (χ4v) is 0.930. The summed E-state index contributed by atoms with van der Waals surface area (Å²) in [5.74, 6) is -0.713. The summed E-state index contributed by atoms with van der Waals surface area (Å²) in [6.07, 6.45) is -2.41. The van der Waals surface area contributed by atoms with Gasteiger partial charge in [0.1, 0.15) is 0 Å². The first-order valence-corrected chi connectivity index (χ1v) is 3.91. The van der Waals surface area contributed by atoms with Gasteiger partial charge in [-0.25, -0.2) is 0 Å². The number of hydrogen-bond acceptors (Lipinski definition) is 4. The lowest BCUT2D eigenvalue weighted by Gasteiger charge is -2.10. The molecule has 0 aromatic heterocycles. The van der Waals surface area contributed by atoms with Crippen LogP contribution in [0.25, 0.3) is 0 Å². The molecule has 1 aromatic carbocycles. The summed E-state index contributed by atoms with van der Waals surface area (Å²) in [5.41, 5.74) is 0.213. The van der Waals surface area contributed by atoms with Gasteiger partial charge in [-0.15, -0.1) is 0 Å². The first-order chi connectivity index (χ1) is 6.66. The van der Waals surface area contributed by atoms with E-state index in [1.54, 1.807) is 0 Å². The summed E-state index contributed by atoms with van der Waals surface area (Å²) in [4.78, 5) is 21.3. The summed E-state index contributed by atoms with van der Waals surface area (Å²) in [6.45, 7) is 0. The molecular weight excluding hydrogens is 184 g/mol. The third kappa shape index (κ3) is 2.25. The summed E-state index contributed by atoms with van der Waals surface area (Å²) in [7, 11) is 0. The second-order valence-electron chi connectivity index (χ2n) is 2.66. The molecule has 2 atom stereocenters. The Labute approximate surface area is 80.8 Å². The SMILES string of the molecule is O=[C]C(O)C(O)C(=O)c1cc[c]cc1. The molecular formula is C10H8O4. The van der Waals surface area contributed by atoms with E-state index in [4.69, 9.17) is 10.2 Å². The number of ketones is 1. The van der Waals surface area contributed by atoms with E-state index in [-0.39, 0.29) is 5.56 Å². The minimum Gasteiger partial charge on any atom is -0.382 e. The van der Waals surface area contributed by atoms with Crippen molar-refractivity contribution in [1.82, 2.24) is 0 Å². The monoisotopic (exact) mass is 192 g/mol. The van der Waals surface area contributed by atoms with Crippen molar-refractivity contribution >= 4 is 12.1 Å². The van der Waals surface area contributed by atoms with Crippen molar-refractivity contribution in [2.24, 2.45) is 0 Å². The molecule has 2 radical (unpaired) electrons. The summed E-state index contributed by atoms with van der Waals surface area (Å²) >= 11 is 0. The van der Waals surface area contributed by atoms with Crippen LogP contribution in [0.15, 0.2) is 24.3 Å². The zero-order chi connectivity index (χ0) is 10.6. The van der Waals surface area contributed by atoms with E-state index in [1.165, 1.54) is 24.3 Å². The molecule has 0 heterocycles. The maximum absolute atomic E-state index is 11.3. The molecule has 0 bridgehead atoms. The number of hydrogen-bond donors (Lipinski definition) is 2. The lowest BCUT2D eigenvalue weighted by Crippen LogP contribution is -2.34. The van der Waals surface area contributed by atoms with Gasteiger partial charge < -0.3 is 10.2 Å². The van der Waals surface area contributed by atoms with Crippen LogP contribution in [0.4, 0.5) is 0 Å². The Balaban J connectivity index is 2.81. The number of aliphatic hydroxyl groups excluding tert-OH is 2. The molecule has 2 unspecified atom stereocenters. The minimum atomic E-state index is -1.80. The van der Waals surface area contributed by atoms with E-state index < -0.39 is 18.0 Å². The van der Waals surface area contributed by atoms with E-state index in [2.05, 4.69) is 6.07 Å². The zero-order valence-electron chi connectivity index (χ0n) is 7.18. The first kappa shape index (κ1) is 10.6. The molecule has 0 saturated carbocycles. The molecule has 0 aliphatic rings. The second-order valence-corrected chi connectivity index (χ2v) is 2.66. The highest BCUT2D eigenvalue weighted by atomic mass is 16.3. The molecule has 0 aliphatic heterocycles. The van der Waals surface area contributed by atoms with Crippen molar-refractivity contribution < 1.29 is 19.8 Å². The maximum atomic E-state index is 11.3. The normalized spacial score (nSPS) is 14.4. The van der Waals surface area contributed by atoms with Crippen molar-refractivity contribution in [3.63, 3.8) is 0 Å². The van der Waals surface area contributed by atoms with Gasteiger partial charge in [0.15, 0.2) is 18.0 Å². The van der Waals surface area contributed by atoms with Gasteiger partial charge in [0.05, 0.1) is 0 Å². The fraction of sp³-hybridized carbons (Fsp3) is 0.200. The third-order valence-electron chi connectivity index (χ3n) is 1.69. The van der Waals surface area contributed by atoms with E-state index in [0.717, 1.165) is 6.29 Å². The van der Waals surface area contributed by atoms with Gasteiger partial charge in [0.2, 0.25) is 6.29 Å². The lowest BCUT2D eigenvalue weighted by molar-refractivity contribution is 0.0439. The van der Waals surface area contributed by atoms with Gasteiger partial charge in [-0.05, 0) is 6.07 Å². The lowest BCUT2D eigenvalue weighted by atomic mass is 10.0. The molecule has 0 amide bonds. The van der Waals surface area contributed by atoms with Crippen LogP contribution in [0, 0.1) is 6.07 Å². The first-order valence-electron chi connectivity index (χ1n) is 3.91. The molecule has 0 saturated heterocycles. The van der Waals surface area contributed by atoms with Crippen LogP contribution in [-0.2, 0) is 4.79 Å². The Bertz CT molecular complexity index is 320. The Morgan fingerprint density at radius 3 is 2.43 bits per heavy atom. The highest BCUT2D eigenvalue weighted by Crippen LogP contribution is 2.05. The average molecular weight is 192 g/mol. The van der Waals surface area contributed by atoms with E-state index >= 15 is 0 Å². The number of benzene rings is 1. The zero-order valence-corrected chi connectivity index (χ0v) is 7.18. The van der Waals surface area contributed by atoms with Gasteiger partial charge in [-0.3, -0.25) is 9.59 Å². The van der Waals surface area contributed by atoms with Crippen LogP contribution in [-0.4, -0.2) is 34.5 Å². The van der Waals surface area contributed by atoms with E-state index in [1.807, 2.05) is 0 Å². The molecule has 4 heteroatoms. The van der Waals surface area contributed by atoms with Crippen LogP contribution in [0.3, 0.4) is 0 Å². The van der Waals surface area contributed by atoms with Gasteiger partial charge in [0.25, 0.3) is 0 Å². The van der Waals surface area contributed by atoms with Gasteiger partial charge >= 0.3 is 0 Å². The minimum absolute atomic E-state index is 0.213. The number of carbonyl (C=O) groups excluding carboxylic acids is 2. The van der Waals surface area contributed by atoms with Crippen LogP contribution in [0.5, 0.6) is 0 Å². The molecule has 14 heavy (non-hydrogen) atoms. The van der Waals surface area contributed by atoms with Crippen LogP contribution in [0.2, 0.25) is 0 Å². The molecule has 2 N–H and O–H groups in total. The quantitative estimate of drug-likeness (QED) is 0.631. The molecule has 0 fully saturated rings. The van der Waals surface area contributed by atoms with Gasteiger partial charge in [-0.2, -0.15) is 0 Å². The van der Waals surface area contributed by atoms with Crippen LogP contribution in [0.1, 0.15) is 10.4 Å². The van der Waals surface area contributed by atoms with Crippen molar-refractivity contribution in [2.45, 2.75) is 12.2 Å². The summed E-state index contributed by atoms with van der Waals surface area (Å²) < 4.78 is 0. The standard InChI is InChI=1S/C10H8O4/c11-6-8(12)10(14)9(13)7-4-2-1-3-5-7/h2-5,8,10,12,14H. The van der Waals surface area contributed by atoms with Crippen molar-refractivity contribution in [2.75, 3.05) is 0 Å². The van der Waals surface area contributed by atoms with E-state index in [0.29, 0.717) is 0 Å². The highest BCUT2D eigenvalue weighted by molar-refractivity contribution is 6.01. The van der Waals surface area contributed by atoms with Crippen molar-refractivity contribution in [1.29, 1.82) is 0 Å². The summed E-state index contributed by atoms with van der Waals surface area (Å²) in [6, 6.07) is 8.56. The number of rotatable bonds is 4. The second kappa shape index (κ2) is 4.64. The smallest absolute Gasteiger partial charge is 0.232 e. The fourth-order valence-electron chi connectivity index (χ4n) is 0.930. The largest absolute Gasteiger partial charge is 0.382 e. The number of carbonyl (C=O) groups is 1. The number of aliphatic hydroxyl groups is 2.